The monoisotopic (exact) mass is 197 g/mol. The largest absolute Gasteiger partial charge is 0.372 e. The Balaban J connectivity index is 2.11. The highest BCUT2D eigenvalue weighted by atomic mass is 16.5. The number of rotatable bonds is 0. The summed E-state index contributed by atoms with van der Waals surface area (Å²) in [6.07, 6.45) is 3.86. The Labute approximate surface area is 87.4 Å². The second-order valence-corrected chi connectivity index (χ2v) is 5.44. The minimum atomic E-state index is 0.148. The maximum Gasteiger partial charge on any atom is 0.0837 e. The molecule has 0 aromatic rings. The molecule has 2 heteroatoms. The molecule has 82 valence electrons. The fraction of sp³-hybridized carbons (Fsp3) is 1.00. The SMILES string of the molecule is CC1CC(C)CC2(C1)OCCNC2C. The van der Waals surface area contributed by atoms with Gasteiger partial charge in [-0.3, -0.25) is 0 Å². The van der Waals surface area contributed by atoms with Crippen molar-refractivity contribution in [1.82, 2.24) is 5.32 Å². The molecule has 14 heavy (non-hydrogen) atoms. The third kappa shape index (κ3) is 1.82. The Morgan fingerprint density at radius 2 is 1.79 bits per heavy atom. The molecule has 1 aliphatic carbocycles. The number of morpholine rings is 1. The molecule has 0 aromatic carbocycles. The van der Waals surface area contributed by atoms with Crippen molar-refractivity contribution in [3.63, 3.8) is 0 Å². The summed E-state index contributed by atoms with van der Waals surface area (Å²) in [5.74, 6) is 1.64. The van der Waals surface area contributed by atoms with Crippen LogP contribution in [-0.2, 0) is 4.74 Å². The van der Waals surface area contributed by atoms with Crippen LogP contribution in [0.2, 0.25) is 0 Å². The first-order chi connectivity index (χ1) is 6.62. The lowest BCUT2D eigenvalue weighted by Gasteiger charge is -2.49. The van der Waals surface area contributed by atoms with Crippen LogP contribution in [0.1, 0.15) is 40.0 Å². The van der Waals surface area contributed by atoms with Crippen LogP contribution in [0.3, 0.4) is 0 Å². The average molecular weight is 197 g/mol. The lowest BCUT2D eigenvalue weighted by Crippen LogP contribution is -2.59. The van der Waals surface area contributed by atoms with E-state index in [1.807, 2.05) is 0 Å². The van der Waals surface area contributed by atoms with E-state index >= 15 is 0 Å². The summed E-state index contributed by atoms with van der Waals surface area (Å²) in [7, 11) is 0. The molecule has 3 atom stereocenters. The van der Waals surface area contributed by atoms with Gasteiger partial charge in [0.1, 0.15) is 0 Å². The Morgan fingerprint density at radius 3 is 2.36 bits per heavy atom. The molecule has 1 saturated heterocycles. The van der Waals surface area contributed by atoms with Gasteiger partial charge in [-0.25, -0.2) is 0 Å². The van der Waals surface area contributed by atoms with Gasteiger partial charge in [-0.1, -0.05) is 13.8 Å². The number of nitrogens with one attached hydrogen (secondary N) is 1. The third-order valence-electron chi connectivity index (χ3n) is 3.92. The summed E-state index contributed by atoms with van der Waals surface area (Å²) in [4.78, 5) is 0. The molecule has 1 heterocycles. The van der Waals surface area contributed by atoms with Crippen molar-refractivity contribution in [2.24, 2.45) is 11.8 Å². The first kappa shape index (κ1) is 10.4. The molecule has 1 saturated carbocycles. The normalized spacial score (nSPS) is 49.5. The van der Waals surface area contributed by atoms with E-state index in [-0.39, 0.29) is 5.60 Å². The maximum atomic E-state index is 6.10. The maximum absolute atomic E-state index is 6.10. The molecular formula is C12H23NO. The molecule has 0 radical (unpaired) electrons. The standard InChI is InChI=1S/C12H23NO/c1-9-6-10(2)8-12(7-9)11(3)13-4-5-14-12/h9-11,13H,4-8H2,1-3H3. The number of ether oxygens (including phenoxy) is 1. The lowest BCUT2D eigenvalue weighted by molar-refractivity contribution is -0.132. The first-order valence-electron chi connectivity index (χ1n) is 6.00. The van der Waals surface area contributed by atoms with Gasteiger partial charge >= 0.3 is 0 Å². The summed E-state index contributed by atoms with van der Waals surface area (Å²) in [5, 5.41) is 3.56. The zero-order valence-corrected chi connectivity index (χ0v) is 9.68. The van der Waals surface area contributed by atoms with Crippen LogP contribution in [0, 0.1) is 11.8 Å². The van der Waals surface area contributed by atoms with Gasteiger partial charge in [-0.05, 0) is 38.0 Å². The molecule has 1 aliphatic heterocycles. The van der Waals surface area contributed by atoms with E-state index in [2.05, 4.69) is 26.1 Å². The molecule has 2 fully saturated rings. The molecule has 0 amide bonds. The summed E-state index contributed by atoms with van der Waals surface area (Å²) in [6.45, 7) is 8.92. The summed E-state index contributed by atoms with van der Waals surface area (Å²) in [6, 6.07) is 0.529. The highest BCUT2D eigenvalue weighted by Gasteiger charge is 2.44. The van der Waals surface area contributed by atoms with E-state index in [4.69, 9.17) is 4.74 Å². The van der Waals surface area contributed by atoms with Crippen LogP contribution in [-0.4, -0.2) is 24.8 Å². The fourth-order valence-corrected chi connectivity index (χ4v) is 3.43. The Kier molecular flexibility index (Phi) is 2.85. The van der Waals surface area contributed by atoms with Gasteiger partial charge in [0.05, 0.1) is 12.2 Å². The van der Waals surface area contributed by atoms with Crippen LogP contribution >= 0.6 is 0 Å². The van der Waals surface area contributed by atoms with Crippen molar-refractivity contribution >= 4 is 0 Å². The zero-order valence-electron chi connectivity index (χ0n) is 9.68. The van der Waals surface area contributed by atoms with E-state index in [1.165, 1.54) is 19.3 Å². The van der Waals surface area contributed by atoms with E-state index in [0.29, 0.717) is 6.04 Å². The van der Waals surface area contributed by atoms with Gasteiger partial charge in [0.15, 0.2) is 0 Å². The minimum absolute atomic E-state index is 0.148. The van der Waals surface area contributed by atoms with E-state index in [1.54, 1.807) is 0 Å². The van der Waals surface area contributed by atoms with Gasteiger partial charge in [0, 0.05) is 12.6 Å². The zero-order chi connectivity index (χ0) is 10.2. The number of hydrogen-bond donors (Lipinski definition) is 1. The minimum Gasteiger partial charge on any atom is -0.372 e. The van der Waals surface area contributed by atoms with Crippen molar-refractivity contribution in [2.45, 2.75) is 51.7 Å². The van der Waals surface area contributed by atoms with Crippen LogP contribution in [0.5, 0.6) is 0 Å². The number of hydrogen-bond acceptors (Lipinski definition) is 2. The molecule has 0 aromatic heterocycles. The van der Waals surface area contributed by atoms with Crippen LogP contribution in [0.15, 0.2) is 0 Å². The Morgan fingerprint density at radius 1 is 1.14 bits per heavy atom. The quantitative estimate of drug-likeness (QED) is 0.643. The lowest BCUT2D eigenvalue weighted by atomic mass is 9.70. The second-order valence-electron chi connectivity index (χ2n) is 5.44. The molecule has 2 rings (SSSR count). The van der Waals surface area contributed by atoms with Crippen LogP contribution in [0.25, 0.3) is 0 Å². The first-order valence-corrected chi connectivity index (χ1v) is 6.00. The molecular weight excluding hydrogens is 174 g/mol. The highest BCUT2D eigenvalue weighted by Crippen LogP contribution is 2.41. The van der Waals surface area contributed by atoms with Crippen molar-refractivity contribution < 1.29 is 4.74 Å². The van der Waals surface area contributed by atoms with E-state index in [0.717, 1.165) is 25.0 Å². The smallest absolute Gasteiger partial charge is 0.0837 e. The van der Waals surface area contributed by atoms with Crippen molar-refractivity contribution in [2.75, 3.05) is 13.2 Å². The molecule has 1 spiro atoms. The predicted molar refractivity (Wildman–Crippen MR) is 58.3 cm³/mol. The van der Waals surface area contributed by atoms with Crippen molar-refractivity contribution in [3.05, 3.63) is 0 Å². The van der Waals surface area contributed by atoms with Gasteiger partial charge < -0.3 is 10.1 Å². The van der Waals surface area contributed by atoms with Crippen molar-refractivity contribution in [1.29, 1.82) is 0 Å². The summed E-state index contributed by atoms with van der Waals surface area (Å²) >= 11 is 0. The fourth-order valence-electron chi connectivity index (χ4n) is 3.43. The van der Waals surface area contributed by atoms with E-state index < -0.39 is 0 Å². The highest BCUT2D eigenvalue weighted by molar-refractivity contribution is 4.98. The molecule has 1 N–H and O–H groups in total. The molecule has 2 aliphatic rings. The van der Waals surface area contributed by atoms with Gasteiger partial charge in [0.25, 0.3) is 0 Å². The topological polar surface area (TPSA) is 21.3 Å². The molecule has 0 bridgehead atoms. The van der Waals surface area contributed by atoms with Crippen LogP contribution in [0.4, 0.5) is 0 Å². The van der Waals surface area contributed by atoms with Gasteiger partial charge in [-0.2, -0.15) is 0 Å². The summed E-state index contributed by atoms with van der Waals surface area (Å²) in [5.41, 5.74) is 0.148. The molecule has 2 nitrogen and oxygen atoms in total. The van der Waals surface area contributed by atoms with Crippen molar-refractivity contribution in [3.8, 4) is 0 Å². The molecule has 3 unspecified atom stereocenters. The summed E-state index contributed by atoms with van der Waals surface area (Å²) < 4.78 is 6.10. The van der Waals surface area contributed by atoms with Crippen LogP contribution < -0.4 is 5.32 Å². The third-order valence-corrected chi connectivity index (χ3v) is 3.92. The second kappa shape index (κ2) is 3.82. The van der Waals surface area contributed by atoms with Gasteiger partial charge in [0.2, 0.25) is 0 Å². The average Bonchev–Trinajstić information content (AvgIpc) is 2.08. The van der Waals surface area contributed by atoms with Gasteiger partial charge in [-0.15, -0.1) is 0 Å². The Hall–Kier alpha value is -0.0800. The Bertz CT molecular complexity index is 194. The predicted octanol–water partition coefficient (Wildman–Crippen LogP) is 2.19. The van der Waals surface area contributed by atoms with E-state index in [9.17, 15) is 0 Å².